The number of aliphatic hydroxyl groups is 1. The number of esters is 1. The standard InChI is InChI=1S/C26H27N2O7P/c1-4-26(31)20-13-22-23-18(14-28(22)24(29)19(20)15-33-25(26)30)16(17-9-7-8-10-21(17)27-23)11-12-36(32,34-5-2)35-6-3/h7-13,31H,4-6,14-15H2,1-3H3/t26-/m0/s1. The van der Waals surface area contributed by atoms with E-state index in [4.69, 9.17) is 18.8 Å². The molecule has 0 unspecified atom stereocenters. The smallest absolute Gasteiger partial charge is 0.354 e. The van der Waals surface area contributed by atoms with Crippen molar-refractivity contribution in [3.8, 4) is 11.4 Å². The Morgan fingerprint density at radius 1 is 1.17 bits per heavy atom. The molecular weight excluding hydrogens is 483 g/mol. The molecule has 188 valence electrons. The van der Waals surface area contributed by atoms with Crippen molar-refractivity contribution in [1.82, 2.24) is 9.55 Å². The Hall–Kier alpha value is -3.10. The number of hydrogen-bond acceptors (Lipinski definition) is 8. The van der Waals surface area contributed by atoms with Gasteiger partial charge in [-0.1, -0.05) is 25.1 Å². The van der Waals surface area contributed by atoms with E-state index >= 15 is 0 Å². The number of pyridine rings is 2. The number of cyclic esters (lactones) is 1. The van der Waals surface area contributed by atoms with Crippen molar-refractivity contribution in [2.24, 2.45) is 0 Å². The molecular formula is C26H27N2O7P. The van der Waals surface area contributed by atoms with Gasteiger partial charge in [-0.05, 0) is 44.0 Å². The number of carbonyl (C=O) groups is 1. The van der Waals surface area contributed by atoms with Crippen LogP contribution in [0.5, 0.6) is 0 Å². The van der Waals surface area contributed by atoms with E-state index in [1.54, 1.807) is 37.5 Å². The van der Waals surface area contributed by atoms with Gasteiger partial charge in [-0.15, -0.1) is 0 Å². The van der Waals surface area contributed by atoms with Crippen LogP contribution in [0.15, 0.2) is 40.9 Å². The van der Waals surface area contributed by atoms with Crippen LogP contribution in [0.3, 0.4) is 0 Å². The molecule has 4 heterocycles. The van der Waals surface area contributed by atoms with E-state index in [1.807, 2.05) is 24.3 Å². The second-order valence-electron chi connectivity index (χ2n) is 8.66. The van der Waals surface area contributed by atoms with Crippen LogP contribution in [0.4, 0.5) is 0 Å². The Bertz CT molecular complexity index is 1520. The lowest BCUT2D eigenvalue weighted by Gasteiger charge is -2.31. The van der Waals surface area contributed by atoms with Gasteiger partial charge in [0.15, 0.2) is 5.60 Å². The van der Waals surface area contributed by atoms with E-state index in [2.05, 4.69) is 0 Å². The molecule has 0 spiro atoms. The molecule has 1 atom stereocenters. The second kappa shape index (κ2) is 9.09. The number of para-hydroxylation sites is 1. The molecule has 1 N–H and O–H groups in total. The summed E-state index contributed by atoms with van der Waals surface area (Å²) in [5.74, 6) is 0.680. The number of benzene rings is 1. The number of fused-ring (bicyclic) bond motifs is 5. The van der Waals surface area contributed by atoms with Crippen molar-refractivity contribution in [3.63, 3.8) is 0 Å². The number of hydrogen-bond donors (Lipinski definition) is 1. The van der Waals surface area contributed by atoms with Crippen LogP contribution in [0.1, 0.15) is 49.4 Å². The Morgan fingerprint density at radius 3 is 2.58 bits per heavy atom. The summed E-state index contributed by atoms with van der Waals surface area (Å²) >= 11 is 0. The minimum atomic E-state index is -3.47. The van der Waals surface area contributed by atoms with Gasteiger partial charge in [0.2, 0.25) is 0 Å². The predicted molar refractivity (Wildman–Crippen MR) is 134 cm³/mol. The van der Waals surface area contributed by atoms with Crippen LogP contribution in [-0.4, -0.2) is 33.8 Å². The number of aromatic nitrogens is 2. The van der Waals surface area contributed by atoms with Gasteiger partial charge in [0.25, 0.3) is 5.56 Å². The third kappa shape index (κ3) is 3.74. The summed E-state index contributed by atoms with van der Waals surface area (Å²) in [5, 5.41) is 11.9. The van der Waals surface area contributed by atoms with Crippen LogP contribution in [-0.2, 0) is 41.9 Å². The fourth-order valence-electron chi connectivity index (χ4n) is 4.90. The summed E-state index contributed by atoms with van der Waals surface area (Å²) < 4.78 is 30.7. The summed E-state index contributed by atoms with van der Waals surface area (Å²) in [5.41, 5.74) is 1.54. The second-order valence-corrected chi connectivity index (χ2v) is 10.6. The van der Waals surface area contributed by atoms with Gasteiger partial charge in [0.05, 0.1) is 42.2 Å². The highest BCUT2D eigenvalue weighted by Gasteiger charge is 2.45. The van der Waals surface area contributed by atoms with Crippen LogP contribution < -0.4 is 5.56 Å². The minimum Gasteiger partial charge on any atom is -0.458 e. The summed E-state index contributed by atoms with van der Waals surface area (Å²) in [6.07, 6.45) is 1.78. The summed E-state index contributed by atoms with van der Waals surface area (Å²) in [7, 11) is -3.47. The molecule has 0 aliphatic carbocycles. The zero-order valence-electron chi connectivity index (χ0n) is 20.3. The van der Waals surface area contributed by atoms with E-state index in [0.29, 0.717) is 16.9 Å². The van der Waals surface area contributed by atoms with Crippen molar-refractivity contribution in [1.29, 1.82) is 0 Å². The van der Waals surface area contributed by atoms with Crippen LogP contribution in [0, 0.1) is 0 Å². The van der Waals surface area contributed by atoms with E-state index < -0.39 is 19.2 Å². The summed E-state index contributed by atoms with van der Waals surface area (Å²) in [4.78, 5) is 30.8. The molecule has 0 saturated carbocycles. The molecule has 0 bridgehead atoms. The highest BCUT2D eigenvalue weighted by molar-refractivity contribution is 7.57. The largest absolute Gasteiger partial charge is 0.458 e. The zero-order valence-corrected chi connectivity index (χ0v) is 21.2. The Labute approximate surface area is 207 Å². The molecule has 9 nitrogen and oxygen atoms in total. The lowest BCUT2D eigenvalue weighted by atomic mass is 9.86. The number of rotatable bonds is 7. The first-order chi connectivity index (χ1) is 17.3. The first kappa shape index (κ1) is 24.6. The van der Waals surface area contributed by atoms with Crippen molar-refractivity contribution in [3.05, 3.63) is 68.8 Å². The maximum absolute atomic E-state index is 13.5. The van der Waals surface area contributed by atoms with Gasteiger partial charge in [-0.2, -0.15) is 0 Å². The maximum atomic E-state index is 13.5. The van der Waals surface area contributed by atoms with Crippen molar-refractivity contribution in [2.45, 2.75) is 45.9 Å². The van der Waals surface area contributed by atoms with E-state index in [0.717, 1.165) is 16.5 Å². The van der Waals surface area contributed by atoms with Gasteiger partial charge in [0, 0.05) is 22.3 Å². The van der Waals surface area contributed by atoms with Gasteiger partial charge >= 0.3 is 13.6 Å². The van der Waals surface area contributed by atoms with Gasteiger partial charge in [0.1, 0.15) is 6.61 Å². The first-order valence-electron chi connectivity index (χ1n) is 11.9. The molecule has 2 aromatic heterocycles. The lowest BCUT2D eigenvalue weighted by molar-refractivity contribution is -0.172. The number of nitrogens with zero attached hydrogens (tertiary/aromatic N) is 2. The molecule has 36 heavy (non-hydrogen) atoms. The lowest BCUT2D eigenvalue weighted by Crippen LogP contribution is -2.44. The van der Waals surface area contributed by atoms with Crippen molar-refractivity contribution >= 4 is 30.5 Å². The van der Waals surface area contributed by atoms with E-state index in [-0.39, 0.29) is 49.5 Å². The van der Waals surface area contributed by atoms with Crippen LogP contribution in [0.25, 0.3) is 28.4 Å². The summed E-state index contributed by atoms with van der Waals surface area (Å²) in [6, 6.07) is 9.19. The van der Waals surface area contributed by atoms with Crippen molar-refractivity contribution in [2.75, 3.05) is 13.2 Å². The molecule has 0 saturated heterocycles. The molecule has 0 fully saturated rings. The highest BCUT2D eigenvalue weighted by Crippen LogP contribution is 2.51. The highest BCUT2D eigenvalue weighted by atomic mass is 31.2. The van der Waals surface area contributed by atoms with Gasteiger partial charge in [-0.25, -0.2) is 9.78 Å². The molecule has 0 radical (unpaired) electrons. The zero-order chi connectivity index (χ0) is 25.7. The van der Waals surface area contributed by atoms with Crippen molar-refractivity contribution < 1.29 is 28.3 Å². The predicted octanol–water partition coefficient (Wildman–Crippen LogP) is 4.32. The van der Waals surface area contributed by atoms with E-state index in [9.17, 15) is 19.3 Å². The average molecular weight is 510 g/mol. The molecule has 2 aliphatic heterocycles. The molecule has 10 heteroatoms. The van der Waals surface area contributed by atoms with E-state index in [1.165, 1.54) is 5.82 Å². The SMILES string of the molecule is CCOP(=O)(C=Cc1c2c(nc3ccccc13)-c1cc3c(c(=O)n1C2)COC(=O)[C@]3(O)CC)OCC. The number of carbonyl (C=O) groups excluding carboxylic acids is 1. The average Bonchev–Trinajstić information content (AvgIpc) is 3.23. The first-order valence-corrected chi connectivity index (χ1v) is 13.5. The quantitative estimate of drug-likeness (QED) is 0.289. The van der Waals surface area contributed by atoms with Crippen LogP contribution >= 0.6 is 7.60 Å². The maximum Gasteiger partial charge on any atom is 0.354 e. The Kier molecular flexibility index (Phi) is 6.21. The monoisotopic (exact) mass is 510 g/mol. The normalized spacial score (nSPS) is 18.8. The third-order valence-electron chi connectivity index (χ3n) is 6.68. The number of ether oxygens (including phenoxy) is 1. The Balaban J connectivity index is 1.74. The summed E-state index contributed by atoms with van der Waals surface area (Å²) in [6.45, 7) is 5.64. The molecule has 2 aliphatic rings. The molecule has 0 amide bonds. The van der Waals surface area contributed by atoms with Gasteiger partial charge in [-0.3, -0.25) is 9.36 Å². The van der Waals surface area contributed by atoms with Gasteiger partial charge < -0.3 is 23.5 Å². The topological polar surface area (TPSA) is 117 Å². The fraction of sp³-hybridized carbons (Fsp3) is 0.346. The third-order valence-corrected chi connectivity index (χ3v) is 8.43. The molecule has 3 aromatic rings. The molecule has 5 rings (SSSR count). The molecule has 1 aromatic carbocycles. The van der Waals surface area contributed by atoms with Crippen LogP contribution in [0.2, 0.25) is 0 Å². The minimum absolute atomic E-state index is 0.0673. The Morgan fingerprint density at radius 2 is 1.89 bits per heavy atom. The fourth-order valence-corrected chi connectivity index (χ4v) is 6.20.